The van der Waals surface area contributed by atoms with Crippen molar-refractivity contribution in [3.05, 3.63) is 53.8 Å². The van der Waals surface area contributed by atoms with Gasteiger partial charge in [0, 0.05) is 12.2 Å². The molecule has 0 bridgehead atoms. The molecule has 0 saturated heterocycles. The Balaban J connectivity index is 2.08. The minimum absolute atomic E-state index is 0.290. The zero-order valence-corrected chi connectivity index (χ0v) is 10.8. The van der Waals surface area contributed by atoms with Crippen molar-refractivity contribution in [2.75, 3.05) is 18.5 Å². The van der Waals surface area contributed by atoms with Crippen molar-refractivity contribution >= 4 is 11.4 Å². The lowest BCUT2D eigenvalue weighted by atomic mass is 10.2. The Hall–Kier alpha value is -2.58. The minimum Gasteiger partial charge on any atom is -0.492 e. The number of ether oxygens (including phenoxy) is 1. The van der Waals surface area contributed by atoms with Crippen LogP contribution in [0.5, 0.6) is 5.75 Å². The predicted molar refractivity (Wildman–Crippen MR) is 75.4 cm³/mol. The smallest absolute Gasteiger partial charge is 0.147 e. The fraction of sp³-hybridized carbons (Fsp3) is 0.133. The van der Waals surface area contributed by atoms with Gasteiger partial charge in [0.2, 0.25) is 0 Å². The van der Waals surface area contributed by atoms with Gasteiger partial charge in [-0.3, -0.25) is 0 Å². The third kappa shape index (κ3) is 3.46. The topological polar surface area (TPSA) is 71.1 Å². The molecule has 0 aromatic heterocycles. The molecule has 4 nitrogen and oxygen atoms in total. The molecule has 102 valence electrons. The summed E-state index contributed by atoms with van der Waals surface area (Å²) in [5.74, 6) is 0.244. The molecule has 0 heterocycles. The first-order valence-corrected chi connectivity index (χ1v) is 6.12. The second-order valence-corrected chi connectivity index (χ2v) is 4.09. The fourth-order valence-corrected chi connectivity index (χ4v) is 1.65. The van der Waals surface area contributed by atoms with Crippen molar-refractivity contribution in [3.63, 3.8) is 0 Å². The highest BCUT2D eigenvalue weighted by atomic mass is 19.1. The molecular weight excluding hydrogens is 257 g/mol. The van der Waals surface area contributed by atoms with Gasteiger partial charge in [0.15, 0.2) is 0 Å². The lowest BCUT2D eigenvalue weighted by molar-refractivity contribution is 0.328. The Morgan fingerprint density at radius 3 is 2.55 bits per heavy atom. The van der Waals surface area contributed by atoms with Gasteiger partial charge in [-0.25, -0.2) is 4.39 Å². The van der Waals surface area contributed by atoms with E-state index in [1.807, 2.05) is 6.07 Å². The van der Waals surface area contributed by atoms with E-state index in [9.17, 15) is 4.39 Å². The van der Waals surface area contributed by atoms with Crippen LogP contribution in [-0.2, 0) is 0 Å². The number of benzene rings is 2. The molecule has 0 atom stereocenters. The molecule has 0 spiro atoms. The number of nitriles is 1. The van der Waals surface area contributed by atoms with E-state index in [2.05, 4.69) is 5.32 Å². The van der Waals surface area contributed by atoms with Gasteiger partial charge in [-0.15, -0.1) is 0 Å². The molecule has 0 fully saturated rings. The Morgan fingerprint density at radius 1 is 1.20 bits per heavy atom. The maximum absolute atomic E-state index is 13.7. The average Bonchev–Trinajstić information content (AvgIpc) is 2.48. The summed E-state index contributed by atoms with van der Waals surface area (Å²) in [6.45, 7) is 0.910. The Kier molecular flexibility index (Phi) is 4.53. The lowest BCUT2D eigenvalue weighted by Crippen LogP contribution is -2.10. The Bertz CT molecular complexity index is 620. The SMILES string of the molecule is N#Cc1ccc(Nc2ccc(OCCN)cc2)c(F)c1. The molecule has 5 heteroatoms. The number of nitrogens with one attached hydrogen (secondary N) is 1. The van der Waals surface area contributed by atoms with Gasteiger partial charge in [-0.05, 0) is 42.5 Å². The van der Waals surface area contributed by atoms with Gasteiger partial charge in [0.25, 0.3) is 0 Å². The molecule has 0 aliphatic carbocycles. The van der Waals surface area contributed by atoms with E-state index in [1.54, 1.807) is 30.3 Å². The first-order valence-electron chi connectivity index (χ1n) is 6.12. The highest BCUT2D eigenvalue weighted by molar-refractivity contribution is 5.61. The number of halogens is 1. The van der Waals surface area contributed by atoms with E-state index in [0.717, 1.165) is 5.69 Å². The van der Waals surface area contributed by atoms with E-state index in [1.165, 1.54) is 12.1 Å². The van der Waals surface area contributed by atoms with Crippen molar-refractivity contribution in [2.24, 2.45) is 5.73 Å². The van der Waals surface area contributed by atoms with E-state index < -0.39 is 5.82 Å². The van der Waals surface area contributed by atoms with Crippen LogP contribution in [0.25, 0.3) is 0 Å². The van der Waals surface area contributed by atoms with Crippen LogP contribution in [0, 0.1) is 17.1 Å². The maximum Gasteiger partial charge on any atom is 0.147 e. The maximum atomic E-state index is 13.7. The van der Waals surface area contributed by atoms with Crippen LogP contribution in [0.2, 0.25) is 0 Å². The van der Waals surface area contributed by atoms with Crippen LogP contribution >= 0.6 is 0 Å². The normalized spacial score (nSPS) is 9.85. The monoisotopic (exact) mass is 271 g/mol. The summed E-state index contributed by atoms with van der Waals surface area (Å²) in [6, 6.07) is 13.3. The van der Waals surface area contributed by atoms with Gasteiger partial charge in [-0.1, -0.05) is 0 Å². The van der Waals surface area contributed by atoms with Crippen LogP contribution in [-0.4, -0.2) is 13.2 Å². The van der Waals surface area contributed by atoms with E-state index in [-0.39, 0.29) is 0 Å². The number of rotatable bonds is 5. The van der Waals surface area contributed by atoms with Crippen molar-refractivity contribution in [1.29, 1.82) is 5.26 Å². The second-order valence-electron chi connectivity index (χ2n) is 4.09. The van der Waals surface area contributed by atoms with E-state index in [0.29, 0.717) is 30.2 Å². The van der Waals surface area contributed by atoms with Crippen molar-refractivity contribution in [3.8, 4) is 11.8 Å². The molecule has 0 unspecified atom stereocenters. The van der Waals surface area contributed by atoms with Crippen molar-refractivity contribution in [1.82, 2.24) is 0 Å². The van der Waals surface area contributed by atoms with Crippen LogP contribution in [0.3, 0.4) is 0 Å². The summed E-state index contributed by atoms with van der Waals surface area (Å²) in [5.41, 5.74) is 6.69. The zero-order valence-electron chi connectivity index (χ0n) is 10.8. The molecule has 0 saturated carbocycles. The first-order chi connectivity index (χ1) is 9.72. The minimum atomic E-state index is -0.465. The quantitative estimate of drug-likeness (QED) is 0.877. The fourth-order valence-electron chi connectivity index (χ4n) is 1.65. The number of anilines is 2. The third-order valence-corrected chi connectivity index (χ3v) is 2.62. The molecule has 0 aliphatic heterocycles. The molecule has 0 radical (unpaired) electrons. The number of hydrogen-bond acceptors (Lipinski definition) is 4. The van der Waals surface area contributed by atoms with Crippen LogP contribution in [0.1, 0.15) is 5.56 Å². The summed E-state index contributed by atoms with van der Waals surface area (Å²) >= 11 is 0. The highest BCUT2D eigenvalue weighted by Gasteiger charge is 2.04. The van der Waals surface area contributed by atoms with Crippen molar-refractivity contribution < 1.29 is 9.13 Å². The Labute approximate surface area is 116 Å². The molecular formula is C15H14FN3O. The standard InChI is InChI=1S/C15H14FN3O/c16-14-9-11(10-18)1-6-15(14)19-12-2-4-13(5-3-12)20-8-7-17/h1-6,9,19H,7-8,17H2. The van der Waals surface area contributed by atoms with Crippen LogP contribution in [0.15, 0.2) is 42.5 Å². The highest BCUT2D eigenvalue weighted by Crippen LogP contribution is 2.22. The second kappa shape index (κ2) is 6.55. The summed E-state index contributed by atoms with van der Waals surface area (Å²) in [7, 11) is 0. The summed E-state index contributed by atoms with van der Waals surface area (Å²) in [4.78, 5) is 0. The third-order valence-electron chi connectivity index (χ3n) is 2.62. The molecule has 20 heavy (non-hydrogen) atoms. The van der Waals surface area contributed by atoms with E-state index in [4.69, 9.17) is 15.7 Å². The Morgan fingerprint density at radius 2 is 1.95 bits per heavy atom. The molecule has 0 aliphatic rings. The largest absolute Gasteiger partial charge is 0.492 e. The average molecular weight is 271 g/mol. The summed E-state index contributed by atoms with van der Waals surface area (Å²) in [6.07, 6.45) is 0. The van der Waals surface area contributed by atoms with Crippen LogP contribution in [0.4, 0.5) is 15.8 Å². The summed E-state index contributed by atoms with van der Waals surface area (Å²) in [5, 5.41) is 11.6. The molecule has 0 amide bonds. The molecule has 2 aromatic rings. The van der Waals surface area contributed by atoms with Gasteiger partial charge in [-0.2, -0.15) is 5.26 Å². The zero-order chi connectivity index (χ0) is 14.4. The number of hydrogen-bond donors (Lipinski definition) is 2. The van der Waals surface area contributed by atoms with Crippen molar-refractivity contribution in [2.45, 2.75) is 0 Å². The molecule has 2 aromatic carbocycles. The van der Waals surface area contributed by atoms with E-state index >= 15 is 0 Å². The van der Waals surface area contributed by atoms with Gasteiger partial charge in [0.1, 0.15) is 18.2 Å². The predicted octanol–water partition coefficient (Wildman–Crippen LogP) is 2.78. The number of nitrogens with zero attached hydrogens (tertiary/aromatic N) is 1. The number of nitrogens with two attached hydrogens (primary N) is 1. The van der Waals surface area contributed by atoms with Crippen LogP contribution < -0.4 is 15.8 Å². The molecule has 3 N–H and O–H groups in total. The van der Waals surface area contributed by atoms with Gasteiger partial charge >= 0.3 is 0 Å². The first kappa shape index (κ1) is 13.8. The molecule has 2 rings (SSSR count). The lowest BCUT2D eigenvalue weighted by Gasteiger charge is -2.09. The van der Waals surface area contributed by atoms with Gasteiger partial charge in [0.05, 0.1) is 17.3 Å². The summed E-state index contributed by atoms with van der Waals surface area (Å²) < 4.78 is 19.1. The van der Waals surface area contributed by atoms with Gasteiger partial charge < -0.3 is 15.8 Å².